The van der Waals surface area contributed by atoms with Crippen LogP contribution in [-0.4, -0.2) is 95.5 Å². The van der Waals surface area contributed by atoms with Gasteiger partial charge in [-0.25, -0.2) is 4.79 Å². The van der Waals surface area contributed by atoms with Crippen LogP contribution in [0.2, 0.25) is 0 Å². The smallest absolute Gasteiger partial charge is 0.315 e. The highest BCUT2D eigenvalue weighted by molar-refractivity contribution is 6.38. The highest BCUT2D eigenvalue weighted by Gasteiger charge is 2.70. The minimum Gasteiger partial charge on any atom is -0.353 e. The number of carbonyl (C=O) groups is 7. The zero-order valence-corrected chi connectivity index (χ0v) is 32.1. The zero-order chi connectivity index (χ0) is 38.5. The second-order valence-corrected chi connectivity index (χ2v) is 17.9. The minimum absolute atomic E-state index is 0.0505. The van der Waals surface area contributed by atoms with Gasteiger partial charge in [0.05, 0.1) is 29.8 Å². The van der Waals surface area contributed by atoms with Crippen molar-refractivity contribution in [2.24, 2.45) is 34.0 Å². The van der Waals surface area contributed by atoms with E-state index < -0.39 is 76.3 Å². The molecule has 1 aromatic carbocycles. The van der Waals surface area contributed by atoms with Gasteiger partial charge < -0.3 is 26.2 Å². The molecule has 2 aliphatic carbocycles. The third-order valence-electron chi connectivity index (χ3n) is 11.6. The van der Waals surface area contributed by atoms with Gasteiger partial charge in [0.1, 0.15) is 12.1 Å². The van der Waals surface area contributed by atoms with Gasteiger partial charge in [0.2, 0.25) is 17.6 Å². The van der Waals surface area contributed by atoms with Gasteiger partial charge in [0.25, 0.3) is 17.7 Å². The van der Waals surface area contributed by atoms with Crippen LogP contribution >= 0.6 is 0 Å². The van der Waals surface area contributed by atoms with Gasteiger partial charge in [-0.2, -0.15) is 0 Å². The maximum atomic E-state index is 14.5. The second kappa shape index (κ2) is 14.3. The number of fused-ring (bicyclic) bond motifs is 2. The molecular formula is C39H56N6O7. The van der Waals surface area contributed by atoms with E-state index in [9.17, 15) is 33.6 Å². The molecule has 284 valence electrons. The summed E-state index contributed by atoms with van der Waals surface area (Å²) in [6.07, 6.45) is 4.25. The summed E-state index contributed by atoms with van der Waals surface area (Å²) in [6, 6.07) is 2.33. The van der Waals surface area contributed by atoms with E-state index in [4.69, 9.17) is 0 Å². The monoisotopic (exact) mass is 720 g/mol. The number of piperidine rings is 1. The molecule has 2 saturated carbocycles. The van der Waals surface area contributed by atoms with Crippen molar-refractivity contribution in [3.8, 4) is 0 Å². The standard InChI is InChI=1S/C39H56N6O7/c1-37(2,3)26(20-45-33(49)22-14-10-11-15-23(22)34(45)50)42-36(52)43-30(38(4,5)6)35(51)44-19-24-27(39(24,7)8)28(44)31(47)41-25(29(46)32(48)40-9)16-12-13-21-17-18-21/h10-11,14-15,21,24-28,30H,12-13,16-20H2,1-9H3,(H,40,48)(H,41,47)(H2,42,43,52)/t24-,25?,26+,27-,28-,30+/m0/s1. The SMILES string of the molecule is CNC(=O)C(=O)C(CCCC1CC1)NC(=O)[C@@H]1[C@@H]2[C@H](CN1C(=O)[C@@H](NC(=O)N[C@H](CN1C(=O)c3ccccc3C1=O)C(C)(C)C)C(C)(C)C)C2(C)C. The number of hydrogen-bond acceptors (Lipinski definition) is 7. The van der Waals surface area contributed by atoms with Crippen LogP contribution in [-0.2, 0) is 19.2 Å². The number of urea groups is 1. The molecule has 52 heavy (non-hydrogen) atoms. The third kappa shape index (κ3) is 7.88. The number of likely N-dealkylation sites (tertiary alicyclic amines) is 1. The molecule has 4 N–H and O–H groups in total. The Balaban J connectivity index is 1.32. The van der Waals surface area contributed by atoms with Gasteiger partial charge >= 0.3 is 6.03 Å². The van der Waals surface area contributed by atoms with E-state index >= 15 is 0 Å². The molecule has 13 heteroatoms. The molecule has 1 aromatic rings. The number of ketones is 1. The van der Waals surface area contributed by atoms with Crippen molar-refractivity contribution in [2.45, 2.75) is 112 Å². The van der Waals surface area contributed by atoms with Crippen molar-refractivity contribution >= 4 is 41.4 Å². The van der Waals surface area contributed by atoms with E-state index in [-0.39, 0.29) is 23.8 Å². The van der Waals surface area contributed by atoms with Crippen molar-refractivity contribution in [2.75, 3.05) is 20.1 Å². The Kier molecular flexibility index (Phi) is 10.7. The van der Waals surface area contributed by atoms with Crippen LogP contribution in [0.1, 0.15) is 108 Å². The highest BCUT2D eigenvalue weighted by Crippen LogP contribution is 2.65. The minimum atomic E-state index is -1.05. The quantitative estimate of drug-likeness (QED) is 0.179. The molecule has 0 bridgehead atoms. The first-order valence-corrected chi connectivity index (χ1v) is 18.6. The molecule has 0 spiro atoms. The lowest BCUT2D eigenvalue weighted by atomic mass is 9.85. The average molecular weight is 721 g/mol. The fourth-order valence-corrected chi connectivity index (χ4v) is 7.91. The number of carbonyl (C=O) groups excluding carboxylic acids is 7. The molecule has 2 heterocycles. The molecule has 2 aliphatic heterocycles. The average Bonchev–Trinajstić information content (AvgIpc) is 3.90. The number of likely N-dealkylation sites (N-methyl/N-ethyl adjacent to an activating group) is 1. The summed E-state index contributed by atoms with van der Waals surface area (Å²) in [5.74, 6) is -2.74. The van der Waals surface area contributed by atoms with Gasteiger partial charge in [-0.05, 0) is 52.6 Å². The second-order valence-electron chi connectivity index (χ2n) is 17.9. The van der Waals surface area contributed by atoms with Crippen LogP contribution in [0, 0.1) is 34.0 Å². The fourth-order valence-electron chi connectivity index (χ4n) is 7.91. The Labute approximate surface area is 306 Å². The fraction of sp³-hybridized carbons (Fsp3) is 0.667. The molecule has 1 unspecified atom stereocenters. The third-order valence-corrected chi connectivity index (χ3v) is 11.6. The van der Waals surface area contributed by atoms with Crippen LogP contribution in [0.15, 0.2) is 24.3 Å². The predicted molar refractivity (Wildman–Crippen MR) is 194 cm³/mol. The molecule has 1 saturated heterocycles. The summed E-state index contributed by atoms with van der Waals surface area (Å²) < 4.78 is 0. The summed E-state index contributed by atoms with van der Waals surface area (Å²) in [4.78, 5) is 96.8. The van der Waals surface area contributed by atoms with Crippen LogP contribution in [0.3, 0.4) is 0 Å². The predicted octanol–water partition coefficient (Wildman–Crippen LogP) is 3.27. The van der Waals surface area contributed by atoms with Crippen LogP contribution < -0.4 is 21.3 Å². The first-order valence-electron chi connectivity index (χ1n) is 18.6. The van der Waals surface area contributed by atoms with Gasteiger partial charge in [0, 0.05) is 13.6 Å². The van der Waals surface area contributed by atoms with Gasteiger partial charge in [0.15, 0.2) is 0 Å². The largest absolute Gasteiger partial charge is 0.353 e. The summed E-state index contributed by atoms with van der Waals surface area (Å²) in [5, 5.41) is 11.0. The maximum Gasteiger partial charge on any atom is 0.315 e. The van der Waals surface area contributed by atoms with E-state index in [1.165, 1.54) is 11.9 Å². The summed E-state index contributed by atoms with van der Waals surface area (Å²) in [5.41, 5.74) is -0.943. The normalized spacial score (nSPS) is 23.6. The zero-order valence-electron chi connectivity index (χ0n) is 32.1. The van der Waals surface area contributed by atoms with E-state index in [0.717, 1.165) is 24.2 Å². The summed E-state index contributed by atoms with van der Waals surface area (Å²) in [7, 11) is 1.38. The Morgan fingerprint density at radius 3 is 2.00 bits per heavy atom. The molecule has 6 atom stereocenters. The number of amides is 7. The lowest BCUT2D eigenvalue weighted by molar-refractivity contribution is -0.145. The molecule has 4 aliphatic rings. The topological polar surface area (TPSA) is 174 Å². The number of benzene rings is 1. The van der Waals surface area contributed by atoms with Crippen molar-refractivity contribution in [1.82, 2.24) is 31.1 Å². The number of Topliss-reactive ketones (excluding diaryl/α,β-unsaturated/α-hetero) is 1. The number of rotatable bonds is 13. The molecule has 5 rings (SSSR count). The lowest BCUT2D eigenvalue weighted by Gasteiger charge is -2.39. The lowest BCUT2D eigenvalue weighted by Crippen LogP contribution is -2.62. The molecule has 0 radical (unpaired) electrons. The van der Waals surface area contributed by atoms with E-state index in [0.29, 0.717) is 36.4 Å². The molecule has 0 aromatic heterocycles. The van der Waals surface area contributed by atoms with Crippen molar-refractivity contribution < 1.29 is 33.6 Å². The van der Waals surface area contributed by atoms with E-state index in [2.05, 4.69) is 35.1 Å². The van der Waals surface area contributed by atoms with Crippen molar-refractivity contribution in [3.63, 3.8) is 0 Å². The van der Waals surface area contributed by atoms with Crippen LogP contribution in [0.5, 0.6) is 0 Å². The van der Waals surface area contributed by atoms with Crippen LogP contribution in [0.4, 0.5) is 4.79 Å². The Hall–Kier alpha value is -4.29. The number of nitrogens with one attached hydrogen (secondary N) is 4. The molecule has 13 nitrogen and oxygen atoms in total. The van der Waals surface area contributed by atoms with Gasteiger partial charge in [-0.1, -0.05) is 93.2 Å². The molecule has 3 fully saturated rings. The maximum absolute atomic E-state index is 14.5. The number of imide groups is 1. The van der Waals surface area contributed by atoms with E-state index in [1.54, 1.807) is 24.3 Å². The number of hydrogen-bond donors (Lipinski definition) is 4. The molecule has 7 amide bonds. The Morgan fingerprint density at radius 2 is 1.48 bits per heavy atom. The van der Waals surface area contributed by atoms with Gasteiger partial charge in [-0.15, -0.1) is 0 Å². The first-order chi connectivity index (χ1) is 24.2. The highest BCUT2D eigenvalue weighted by atomic mass is 16.2. The van der Waals surface area contributed by atoms with Crippen molar-refractivity contribution in [3.05, 3.63) is 35.4 Å². The first kappa shape index (κ1) is 38.9. The van der Waals surface area contributed by atoms with Crippen molar-refractivity contribution in [1.29, 1.82) is 0 Å². The Bertz CT molecular complexity index is 1600. The number of nitrogens with zero attached hydrogens (tertiary/aromatic N) is 2. The van der Waals surface area contributed by atoms with Crippen LogP contribution in [0.25, 0.3) is 0 Å². The summed E-state index contributed by atoms with van der Waals surface area (Å²) >= 11 is 0. The molecular weight excluding hydrogens is 664 g/mol. The Morgan fingerprint density at radius 1 is 0.885 bits per heavy atom. The van der Waals surface area contributed by atoms with E-state index in [1.807, 2.05) is 41.5 Å². The summed E-state index contributed by atoms with van der Waals surface area (Å²) in [6.45, 7) is 15.5. The van der Waals surface area contributed by atoms with Gasteiger partial charge in [-0.3, -0.25) is 33.7 Å².